The highest BCUT2D eigenvalue weighted by Gasteiger charge is 2.28. The summed E-state index contributed by atoms with van der Waals surface area (Å²) in [6.07, 6.45) is 4.51. The van der Waals surface area contributed by atoms with E-state index in [1.54, 1.807) is 0 Å². The molecule has 0 radical (unpaired) electrons. The molecule has 1 saturated heterocycles. The maximum absolute atomic E-state index is 10.8. The molecule has 0 aromatic heterocycles. The first kappa shape index (κ1) is 16.5. The highest BCUT2D eigenvalue weighted by atomic mass is 16.3. The van der Waals surface area contributed by atoms with Crippen LogP contribution in [-0.2, 0) is 0 Å². The summed E-state index contributed by atoms with van der Waals surface area (Å²) in [7, 11) is 0. The second kappa shape index (κ2) is 7.95. The van der Waals surface area contributed by atoms with Gasteiger partial charge in [0.25, 0.3) is 0 Å². The molecule has 1 N–H and O–H groups in total. The first-order valence-corrected chi connectivity index (χ1v) is 8.60. The van der Waals surface area contributed by atoms with Crippen molar-refractivity contribution >= 4 is 0 Å². The van der Waals surface area contributed by atoms with Gasteiger partial charge in [0, 0.05) is 6.04 Å². The summed E-state index contributed by atoms with van der Waals surface area (Å²) >= 11 is 0. The molecule has 3 atom stereocenters. The van der Waals surface area contributed by atoms with Gasteiger partial charge < -0.3 is 5.11 Å². The fourth-order valence-electron chi connectivity index (χ4n) is 3.70. The quantitative estimate of drug-likeness (QED) is 0.875. The summed E-state index contributed by atoms with van der Waals surface area (Å²) in [5.74, 6) is 1.63. The summed E-state index contributed by atoms with van der Waals surface area (Å²) < 4.78 is 0. The van der Waals surface area contributed by atoms with E-state index in [0.29, 0.717) is 0 Å². The van der Waals surface area contributed by atoms with Crippen molar-refractivity contribution in [1.29, 1.82) is 0 Å². The van der Waals surface area contributed by atoms with Gasteiger partial charge in [0.05, 0.1) is 6.10 Å². The molecular formula is C19H31NO. The molecule has 1 aromatic carbocycles. The van der Waals surface area contributed by atoms with Gasteiger partial charge >= 0.3 is 0 Å². The second-order valence-corrected chi connectivity index (χ2v) is 6.80. The zero-order valence-electron chi connectivity index (χ0n) is 13.8. The van der Waals surface area contributed by atoms with Gasteiger partial charge in [-0.1, -0.05) is 51.1 Å². The molecule has 2 heteroatoms. The predicted octanol–water partition coefficient (Wildman–Crippen LogP) is 4.26. The molecule has 0 saturated carbocycles. The minimum atomic E-state index is -0.369. The molecular weight excluding hydrogens is 258 g/mol. The molecule has 118 valence electrons. The molecule has 1 aliphatic rings. The van der Waals surface area contributed by atoms with Crippen LogP contribution >= 0.6 is 0 Å². The third kappa shape index (κ3) is 4.31. The van der Waals surface area contributed by atoms with E-state index in [1.807, 2.05) is 30.3 Å². The van der Waals surface area contributed by atoms with Gasteiger partial charge in [0.2, 0.25) is 0 Å². The molecule has 0 amide bonds. The van der Waals surface area contributed by atoms with E-state index in [1.165, 1.54) is 19.3 Å². The summed E-state index contributed by atoms with van der Waals surface area (Å²) in [4.78, 5) is 2.53. The molecule has 1 aromatic rings. The SMILES string of the molecule is CCC(C(O)c1ccccc1)N1CCCC(C(C)C)CC1. The summed E-state index contributed by atoms with van der Waals surface area (Å²) in [6.45, 7) is 9.14. The Labute approximate surface area is 130 Å². The Morgan fingerprint density at radius 3 is 2.48 bits per heavy atom. The average Bonchev–Trinajstić information content (AvgIpc) is 2.75. The Kier molecular flexibility index (Phi) is 6.25. The maximum Gasteiger partial charge on any atom is 0.0945 e. The minimum Gasteiger partial charge on any atom is -0.387 e. The fraction of sp³-hybridized carbons (Fsp3) is 0.684. The van der Waals surface area contributed by atoms with Gasteiger partial charge in [0.15, 0.2) is 0 Å². The molecule has 0 bridgehead atoms. The number of aliphatic hydroxyl groups is 1. The Morgan fingerprint density at radius 1 is 1.14 bits per heavy atom. The Bertz CT molecular complexity index is 403. The van der Waals surface area contributed by atoms with Crippen molar-refractivity contribution in [3.05, 3.63) is 35.9 Å². The Balaban J connectivity index is 2.03. The van der Waals surface area contributed by atoms with Crippen LogP contribution in [-0.4, -0.2) is 29.1 Å². The molecule has 21 heavy (non-hydrogen) atoms. The third-order valence-corrected chi connectivity index (χ3v) is 5.14. The van der Waals surface area contributed by atoms with E-state index >= 15 is 0 Å². The van der Waals surface area contributed by atoms with E-state index in [2.05, 4.69) is 25.7 Å². The lowest BCUT2D eigenvalue weighted by atomic mass is 9.89. The molecule has 2 rings (SSSR count). The van der Waals surface area contributed by atoms with Gasteiger partial charge in [0.1, 0.15) is 0 Å². The van der Waals surface area contributed by atoms with E-state index in [0.717, 1.165) is 36.9 Å². The molecule has 1 aliphatic heterocycles. The molecule has 0 spiro atoms. The number of rotatable bonds is 5. The van der Waals surface area contributed by atoms with Crippen LogP contribution in [0.1, 0.15) is 58.1 Å². The summed E-state index contributed by atoms with van der Waals surface area (Å²) in [6, 6.07) is 10.4. The highest BCUT2D eigenvalue weighted by Crippen LogP contribution is 2.29. The lowest BCUT2D eigenvalue weighted by Gasteiger charge is -2.34. The molecule has 2 nitrogen and oxygen atoms in total. The smallest absolute Gasteiger partial charge is 0.0945 e. The van der Waals surface area contributed by atoms with E-state index in [-0.39, 0.29) is 12.1 Å². The van der Waals surface area contributed by atoms with Crippen LogP contribution in [0, 0.1) is 11.8 Å². The van der Waals surface area contributed by atoms with Gasteiger partial charge in [-0.2, -0.15) is 0 Å². The number of hydrogen-bond donors (Lipinski definition) is 1. The number of likely N-dealkylation sites (tertiary alicyclic amines) is 1. The number of hydrogen-bond acceptors (Lipinski definition) is 2. The van der Waals surface area contributed by atoms with Crippen molar-refractivity contribution in [2.45, 2.75) is 58.6 Å². The average molecular weight is 289 g/mol. The Morgan fingerprint density at radius 2 is 1.86 bits per heavy atom. The lowest BCUT2D eigenvalue weighted by molar-refractivity contribution is 0.0465. The van der Waals surface area contributed by atoms with Gasteiger partial charge in [-0.15, -0.1) is 0 Å². The first-order chi connectivity index (χ1) is 10.1. The van der Waals surface area contributed by atoms with Crippen molar-refractivity contribution in [3.8, 4) is 0 Å². The van der Waals surface area contributed by atoms with Crippen LogP contribution in [0.25, 0.3) is 0 Å². The van der Waals surface area contributed by atoms with E-state index in [9.17, 15) is 5.11 Å². The molecule has 3 unspecified atom stereocenters. The first-order valence-electron chi connectivity index (χ1n) is 8.60. The minimum absolute atomic E-state index is 0.248. The highest BCUT2D eigenvalue weighted by molar-refractivity contribution is 5.18. The topological polar surface area (TPSA) is 23.5 Å². The van der Waals surface area contributed by atoms with E-state index < -0.39 is 0 Å². The van der Waals surface area contributed by atoms with Crippen molar-refractivity contribution in [3.63, 3.8) is 0 Å². The molecule has 1 fully saturated rings. The van der Waals surface area contributed by atoms with E-state index in [4.69, 9.17) is 0 Å². The molecule has 0 aliphatic carbocycles. The van der Waals surface area contributed by atoms with Crippen LogP contribution in [0.2, 0.25) is 0 Å². The zero-order chi connectivity index (χ0) is 15.2. The largest absolute Gasteiger partial charge is 0.387 e. The summed E-state index contributed by atoms with van der Waals surface area (Å²) in [5, 5.41) is 10.8. The van der Waals surface area contributed by atoms with Gasteiger partial charge in [-0.25, -0.2) is 0 Å². The number of nitrogens with zero attached hydrogens (tertiary/aromatic N) is 1. The normalized spacial score (nSPS) is 23.8. The van der Waals surface area contributed by atoms with Crippen LogP contribution in [0.5, 0.6) is 0 Å². The van der Waals surface area contributed by atoms with Crippen molar-refractivity contribution < 1.29 is 5.11 Å². The molecule has 1 heterocycles. The fourth-order valence-corrected chi connectivity index (χ4v) is 3.70. The zero-order valence-corrected chi connectivity index (χ0v) is 13.8. The van der Waals surface area contributed by atoms with Crippen molar-refractivity contribution in [2.75, 3.05) is 13.1 Å². The maximum atomic E-state index is 10.8. The van der Waals surface area contributed by atoms with Gasteiger partial charge in [-0.3, -0.25) is 4.90 Å². The standard InChI is InChI=1S/C19H31NO/c1-4-18(19(21)17-9-6-5-7-10-17)20-13-8-11-16(12-14-20)15(2)3/h5-7,9-10,15-16,18-19,21H,4,8,11-14H2,1-3H3. The lowest BCUT2D eigenvalue weighted by Crippen LogP contribution is -2.40. The third-order valence-electron chi connectivity index (χ3n) is 5.14. The monoisotopic (exact) mass is 289 g/mol. The second-order valence-electron chi connectivity index (χ2n) is 6.80. The Hall–Kier alpha value is -0.860. The van der Waals surface area contributed by atoms with Crippen LogP contribution in [0.4, 0.5) is 0 Å². The van der Waals surface area contributed by atoms with Crippen LogP contribution in [0.15, 0.2) is 30.3 Å². The van der Waals surface area contributed by atoms with Crippen LogP contribution < -0.4 is 0 Å². The van der Waals surface area contributed by atoms with Crippen molar-refractivity contribution in [2.24, 2.45) is 11.8 Å². The number of benzene rings is 1. The number of aliphatic hydroxyl groups excluding tert-OH is 1. The van der Waals surface area contributed by atoms with Gasteiger partial charge in [-0.05, 0) is 56.2 Å². The van der Waals surface area contributed by atoms with Crippen LogP contribution in [0.3, 0.4) is 0 Å². The predicted molar refractivity (Wildman–Crippen MR) is 89.2 cm³/mol. The van der Waals surface area contributed by atoms with Crippen molar-refractivity contribution in [1.82, 2.24) is 4.90 Å². The summed E-state index contributed by atoms with van der Waals surface area (Å²) in [5.41, 5.74) is 1.05.